The average Bonchev–Trinajstić information content (AvgIpc) is 2.85. The highest BCUT2D eigenvalue weighted by Gasteiger charge is 2.48. The molecule has 3 rings (SSSR count). The minimum Gasteiger partial charge on any atom is -0.479 e. The first kappa shape index (κ1) is 19.1. The fourth-order valence-electron chi connectivity index (χ4n) is 2.95. The van der Waals surface area contributed by atoms with Crippen molar-refractivity contribution in [3.63, 3.8) is 0 Å². The van der Waals surface area contributed by atoms with Crippen molar-refractivity contribution in [2.45, 2.75) is 37.6 Å². The quantitative estimate of drug-likeness (QED) is 0.515. The van der Waals surface area contributed by atoms with E-state index in [-0.39, 0.29) is 5.75 Å². The van der Waals surface area contributed by atoms with Gasteiger partial charge in [-0.25, -0.2) is 9.48 Å². The first-order chi connectivity index (χ1) is 12.7. The Morgan fingerprint density at radius 1 is 1.11 bits per heavy atom. The first-order valence-corrected chi connectivity index (χ1v) is 8.17. The van der Waals surface area contributed by atoms with Crippen molar-refractivity contribution in [2.24, 2.45) is 7.05 Å². The molecule has 0 saturated carbocycles. The van der Waals surface area contributed by atoms with Gasteiger partial charge in [-0.05, 0) is 19.1 Å². The van der Waals surface area contributed by atoms with Crippen molar-refractivity contribution < 1.29 is 34.7 Å². The summed E-state index contributed by atoms with van der Waals surface area (Å²) in [5.74, 6) is -1.70. The monoisotopic (exact) mass is 380 g/mol. The molecule has 0 bridgehead atoms. The summed E-state index contributed by atoms with van der Waals surface area (Å²) in [6.45, 7) is 1.60. The molecule has 1 saturated heterocycles. The van der Waals surface area contributed by atoms with Crippen LogP contribution >= 0.6 is 0 Å². The number of aliphatic hydroxyl groups is 3. The summed E-state index contributed by atoms with van der Waals surface area (Å²) in [6.07, 6.45) is -8.86. The lowest BCUT2D eigenvalue weighted by Crippen LogP contribution is -2.61. The van der Waals surface area contributed by atoms with Gasteiger partial charge in [-0.3, -0.25) is 9.48 Å². The Balaban J connectivity index is 1.96. The van der Waals surface area contributed by atoms with Gasteiger partial charge in [0.15, 0.2) is 6.10 Å². The zero-order valence-corrected chi connectivity index (χ0v) is 14.6. The third-order valence-electron chi connectivity index (χ3n) is 4.55. The van der Waals surface area contributed by atoms with Gasteiger partial charge in [-0.2, -0.15) is 0 Å². The summed E-state index contributed by atoms with van der Waals surface area (Å²) in [7, 11) is 1.63. The molecule has 10 heteroatoms. The van der Waals surface area contributed by atoms with Crippen LogP contribution in [0, 0.1) is 6.92 Å². The van der Waals surface area contributed by atoms with Gasteiger partial charge in [0.1, 0.15) is 18.3 Å². The molecule has 5 atom stereocenters. The molecule has 2 heterocycles. The zero-order valence-electron chi connectivity index (χ0n) is 14.6. The number of ether oxygens (including phenoxy) is 2. The molecule has 1 aromatic heterocycles. The van der Waals surface area contributed by atoms with E-state index in [0.717, 1.165) is 0 Å². The number of hydrogen-bond donors (Lipinski definition) is 4. The average molecular weight is 380 g/mol. The van der Waals surface area contributed by atoms with Gasteiger partial charge >= 0.3 is 11.5 Å². The number of carbonyl (C=O) groups is 1. The summed E-state index contributed by atoms with van der Waals surface area (Å²) in [5.41, 5.74) is 0.420. The van der Waals surface area contributed by atoms with Crippen LogP contribution in [0.15, 0.2) is 35.1 Å². The van der Waals surface area contributed by atoms with E-state index in [9.17, 15) is 24.9 Å². The number of aliphatic hydroxyl groups excluding tert-OH is 3. The number of hydrogen-bond acceptors (Lipinski definition) is 7. The number of rotatable bonds is 4. The Labute approximate surface area is 153 Å². The zero-order chi connectivity index (χ0) is 19.9. The van der Waals surface area contributed by atoms with Crippen molar-refractivity contribution >= 4 is 5.97 Å². The van der Waals surface area contributed by atoms with E-state index in [4.69, 9.17) is 14.6 Å². The Kier molecular flexibility index (Phi) is 5.07. The maximum atomic E-state index is 12.8. The Bertz CT molecular complexity index is 890. The maximum Gasteiger partial charge on any atom is 0.335 e. The fourth-order valence-corrected chi connectivity index (χ4v) is 2.95. The number of nitrogens with zero attached hydrogens (tertiary/aromatic N) is 2. The van der Waals surface area contributed by atoms with E-state index in [0.29, 0.717) is 11.4 Å². The van der Waals surface area contributed by atoms with E-state index >= 15 is 0 Å². The van der Waals surface area contributed by atoms with E-state index in [1.54, 1.807) is 44.3 Å². The van der Waals surface area contributed by atoms with Crippen molar-refractivity contribution in [1.29, 1.82) is 0 Å². The Hall–Kier alpha value is -2.66. The molecule has 2 aromatic rings. The molecule has 0 aliphatic carbocycles. The highest BCUT2D eigenvalue weighted by atomic mass is 16.7. The normalized spacial score (nSPS) is 28.1. The molecule has 27 heavy (non-hydrogen) atoms. The summed E-state index contributed by atoms with van der Waals surface area (Å²) in [5, 5.41) is 38.8. The van der Waals surface area contributed by atoms with Gasteiger partial charge < -0.3 is 29.9 Å². The van der Waals surface area contributed by atoms with E-state index < -0.39 is 42.2 Å². The van der Waals surface area contributed by atoms with Crippen LogP contribution in [-0.2, 0) is 16.6 Å². The molecule has 1 aliphatic rings. The fraction of sp³-hybridized carbons (Fsp3) is 0.412. The molecule has 4 N–H and O–H groups in total. The highest BCUT2D eigenvalue weighted by Crippen LogP contribution is 2.25. The van der Waals surface area contributed by atoms with Crippen molar-refractivity contribution in [3.8, 4) is 11.4 Å². The van der Waals surface area contributed by atoms with Gasteiger partial charge in [-0.1, -0.05) is 18.2 Å². The molecule has 0 spiro atoms. The van der Waals surface area contributed by atoms with Gasteiger partial charge in [0.2, 0.25) is 12.0 Å². The molecule has 146 valence electrons. The SMILES string of the molecule is Cc1c(O[C@@H]2O[C@H](C(=O)O)[C@@H](O)[C@H](O)[C@H]2O)c(=O)n(-c2ccccc2)n1C. The van der Waals surface area contributed by atoms with Crippen LogP contribution in [0.3, 0.4) is 0 Å². The largest absolute Gasteiger partial charge is 0.479 e. The second-order valence-corrected chi connectivity index (χ2v) is 6.24. The molecule has 0 unspecified atom stereocenters. The van der Waals surface area contributed by atoms with Crippen LogP contribution in [0.25, 0.3) is 5.69 Å². The predicted octanol–water partition coefficient (Wildman–Crippen LogP) is -1.24. The third kappa shape index (κ3) is 3.23. The molecular weight excluding hydrogens is 360 g/mol. The molecule has 10 nitrogen and oxygen atoms in total. The van der Waals surface area contributed by atoms with Crippen molar-refractivity contribution in [1.82, 2.24) is 9.36 Å². The van der Waals surface area contributed by atoms with Crippen LogP contribution < -0.4 is 10.3 Å². The molecule has 1 fully saturated rings. The standard InChI is InChI=1S/C17H20N2O8/c1-8-13(15(23)19(18(8)2)9-6-4-3-5-7-9)26-17-12(22)10(20)11(21)14(27-17)16(24)25/h3-7,10-12,14,17,20-22H,1-2H3,(H,24,25)/t10-,11-,12+,14-,17+/m0/s1. The minimum atomic E-state index is -1.84. The van der Waals surface area contributed by atoms with E-state index in [2.05, 4.69) is 0 Å². The molecule has 0 radical (unpaired) electrons. The second kappa shape index (κ2) is 7.16. The molecule has 0 amide bonds. The van der Waals surface area contributed by atoms with Crippen molar-refractivity contribution in [2.75, 3.05) is 0 Å². The molecular formula is C17H20N2O8. The lowest BCUT2D eigenvalue weighted by Gasteiger charge is -2.38. The van der Waals surface area contributed by atoms with Gasteiger partial charge in [0.05, 0.1) is 11.4 Å². The lowest BCUT2D eigenvalue weighted by atomic mass is 9.99. The second-order valence-electron chi connectivity index (χ2n) is 6.24. The number of carboxylic acid groups (broad SMARTS) is 1. The number of para-hydroxylation sites is 1. The summed E-state index contributed by atoms with van der Waals surface area (Å²) in [4.78, 5) is 24.0. The summed E-state index contributed by atoms with van der Waals surface area (Å²) < 4.78 is 13.4. The van der Waals surface area contributed by atoms with Gasteiger partial charge in [-0.15, -0.1) is 0 Å². The van der Waals surface area contributed by atoms with E-state index in [1.165, 1.54) is 9.36 Å². The van der Waals surface area contributed by atoms with Crippen LogP contribution in [0.5, 0.6) is 5.75 Å². The van der Waals surface area contributed by atoms with Gasteiger partial charge in [0, 0.05) is 7.05 Å². The molecule has 1 aromatic carbocycles. The number of benzene rings is 1. The Morgan fingerprint density at radius 2 is 1.74 bits per heavy atom. The summed E-state index contributed by atoms with van der Waals surface area (Å²) >= 11 is 0. The number of carboxylic acids is 1. The Morgan fingerprint density at radius 3 is 2.33 bits per heavy atom. The van der Waals surface area contributed by atoms with E-state index in [1.807, 2.05) is 0 Å². The van der Waals surface area contributed by atoms with Crippen LogP contribution in [0.4, 0.5) is 0 Å². The first-order valence-electron chi connectivity index (χ1n) is 8.17. The highest BCUT2D eigenvalue weighted by molar-refractivity contribution is 5.73. The smallest absolute Gasteiger partial charge is 0.335 e. The van der Waals surface area contributed by atoms with Crippen LogP contribution in [0.1, 0.15) is 5.69 Å². The summed E-state index contributed by atoms with van der Waals surface area (Å²) in [6, 6.07) is 8.75. The number of aromatic nitrogens is 2. The predicted molar refractivity (Wildman–Crippen MR) is 90.7 cm³/mol. The minimum absolute atomic E-state index is 0.168. The maximum absolute atomic E-state index is 12.8. The van der Waals surface area contributed by atoms with Crippen molar-refractivity contribution in [3.05, 3.63) is 46.4 Å². The topological polar surface area (TPSA) is 143 Å². The lowest BCUT2D eigenvalue weighted by molar-refractivity contribution is -0.271. The van der Waals surface area contributed by atoms with Gasteiger partial charge in [0.25, 0.3) is 0 Å². The molecule has 1 aliphatic heterocycles. The van der Waals surface area contributed by atoms with Crippen LogP contribution in [-0.4, -0.2) is 66.5 Å². The third-order valence-corrected chi connectivity index (χ3v) is 4.55. The van der Waals surface area contributed by atoms with Crippen LogP contribution in [0.2, 0.25) is 0 Å². The number of aliphatic carboxylic acids is 1.